The van der Waals surface area contributed by atoms with Gasteiger partial charge in [0.05, 0.1) is 4.90 Å². The highest BCUT2D eigenvalue weighted by molar-refractivity contribution is 9.10. The fraction of sp³-hybridized carbons (Fsp3) is 0.462. The zero-order valence-corrected chi connectivity index (χ0v) is 13.8. The van der Waals surface area contributed by atoms with Crippen LogP contribution < -0.4 is 15.4 Å². The van der Waals surface area contributed by atoms with Gasteiger partial charge in [0, 0.05) is 43.0 Å². The van der Waals surface area contributed by atoms with Crippen molar-refractivity contribution in [2.75, 3.05) is 26.2 Å². The first-order valence-electron chi connectivity index (χ1n) is 6.70. The second kappa shape index (κ2) is 7.35. The van der Waals surface area contributed by atoms with E-state index in [0.717, 1.165) is 13.1 Å². The predicted octanol–water partition coefficient (Wildman–Crippen LogP) is 0.453. The number of rotatable bonds is 7. The molecule has 8 heteroatoms. The van der Waals surface area contributed by atoms with E-state index in [1.807, 2.05) is 0 Å². The highest BCUT2D eigenvalue weighted by atomic mass is 79.9. The molecule has 1 aromatic rings. The monoisotopic (exact) mass is 375 g/mol. The van der Waals surface area contributed by atoms with Gasteiger partial charge in [-0.1, -0.05) is 22.0 Å². The maximum Gasteiger partial charge on any atom is 0.240 e. The summed E-state index contributed by atoms with van der Waals surface area (Å²) in [6.07, 6.45) is 0.132. The van der Waals surface area contributed by atoms with Gasteiger partial charge in [0.2, 0.25) is 15.9 Å². The molecule has 0 aliphatic carbocycles. The molecule has 0 unspecified atom stereocenters. The highest BCUT2D eigenvalue weighted by Gasteiger charge is 2.18. The highest BCUT2D eigenvalue weighted by Crippen LogP contribution is 2.15. The van der Waals surface area contributed by atoms with Crippen molar-refractivity contribution in [1.82, 2.24) is 15.4 Å². The van der Waals surface area contributed by atoms with Crippen LogP contribution in [0.25, 0.3) is 0 Å². The first-order valence-corrected chi connectivity index (χ1v) is 8.97. The van der Waals surface area contributed by atoms with E-state index >= 15 is 0 Å². The Balaban J connectivity index is 1.75. The molecule has 1 aliphatic rings. The lowest BCUT2D eigenvalue weighted by Crippen LogP contribution is -2.48. The van der Waals surface area contributed by atoms with Gasteiger partial charge in [-0.3, -0.25) is 4.79 Å². The number of hydrogen-bond donors (Lipinski definition) is 3. The maximum atomic E-state index is 12.0. The minimum atomic E-state index is -3.57. The molecule has 1 aliphatic heterocycles. The van der Waals surface area contributed by atoms with Gasteiger partial charge >= 0.3 is 0 Å². The van der Waals surface area contributed by atoms with Gasteiger partial charge in [-0.2, -0.15) is 0 Å². The summed E-state index contributed by atoms with van der Waals surface area (Å²) in [5, 5.41) is 5.92. The number of sulfonamides is 1. The summed E-state index contributed by atoms with van der Waals surface area (Å²) < 4.78 is 27.2. The van der Waals surface area contributed by atoms with Gasteiger partial charge in [-0.15, -0.1) is 0 Å². The van der Waals surface area contributed by atoms with Crippen molar-refractivity contribution in [3.63, 3.8) is 0 Å². The van der Waals surface area contributed by atoms with E-state index in [1.165, 1.54) is 12.1 Å². The molecule has 1 saturated heterocycles. The maximum absolute atomic E-state index is 12.0. The number of amides is 1. The van der Waals surface area contributed by atoms with Crippen molar-refractivity contribution < 1.29 is 13.2 Å². The molecule has 1 heterocycles. The zero-order chi connectivity index (χ0) is 15.3. The Morgan fingerprint density at radius 1 is 1.38 bits per heavy atom. The summed E-state index contributed by atoms with van der Waals surface area (Å²) in [4.78, 5) is 11.8. The van der Waals surface area contributed by atoms with Crippen LogP contribution in [-0.2, 0) is 14.8 Å². The number of carbonyl (C=O) groups excluding carboxylic acids is 1. The Labute approximate surface area is 132 Å². The third kappa shape index (κ3) is 5.06. The number of hydrogen-bond acceptors (Lipinski definition) is 4. The molecule has 6 nitrogen and oxygen atoms in total. The fourth-order valence-corrected chi connectivity index (χ4v) is 3.48. The summed E-state index contributed by atoms with van der Waals surface area (Å²) in [5.41, 5.74) is 0. The molecule has 21 heavy (non-hydrogen) atoms. The third-order valence-electron chi connectivity index (χ3n) is 3.20. The van der Waals surface area contributed by atoms with Crippen LogP contribution in [0.1, 0.15) is 6.42 Å². The van der Waals surface area contributed by atoms with Gasteiger partial charge < -0.3 is 10.6 Å². The van der Waals surface area contributed by atoms with E-state index in [1.54, 1.807) is 12.1 Å². The van der Waals surface area contributed by atoms with Crippen LogP contribution in [-0.4, -0.2) is 40.5 Å². The Morgan fingerprint density at radius 3 is 2.76 bits per heavy atom. The van der Waals surface area contributed by atoms with E-state index < -0.39 is 10.0 Å². The van der Waals surface area contributed by atoms with Crippen LogP contribution in [0.2, 0.25) is 0 Å². The second-order valence-corrected chi connectivity index (χ2v) is 7.62. The molecule has 2 rings (SSSR count). The fourth-order valence-electron chi connectivity index (χ4n) is 1.86. The molecule has 3 N–H and O–H groups in total. The largest absolute Gasteiger partial charge is 0.356 e. The Kier molecular flexibility index (Phi) is 5.74. The van der Waals surface area contributed by atoms with Crippen molar-refractivity contribution in [2.45, 2.75) is 11.3 Å². The lowest BCUT2D eigenvalue weighted by Gasteiger charge is -2.27. The standard InChI is InChI=1S/C13H18BrN3O3S/c14-11-2-1-3-12(6-11)21(19,20)17-5-4-13(18)16-9-10-7-15-8-10/h1-3,6,10,15,17H,4-5,7-9H2,(H,16,18). The summed E-state index contributed by atoms with van der Waals surface area (Å²) in [7, 11) is -3.57. The van der Waals surface area contributed by atoms with Crippen LogP contribution in [0.3, 0.4) is 0 Å². The van der Waals surface area contributed by atoms with E-state index in [-0.39, 0.29) is 23.8 Å². The molecular weight excluding hydrogens is 358 g/mol. The van der Waals surface area contributed by atoms with E-state index in [9.17, 15) is 13.2 Å². The van der Waals surface area contributed by atoms with E-state index in [4.69, 9.17) is 0 Å². The van der Waals surface area contributed by atoms with Crippen LogP contribution in [0.5, 0.6) is 0 Å². The number of nitrogens with one attached hydrogen (secondary N) is 3. The van der Waals surface area contributed by atoms with E-state index in [0.29, 0.717) is 16.9 Å². The number of benzene rings is 1. The lowest BCUT2D eigenvalue weighted by atomic mass is 10.0. The third-order valence-corrected chi connectivity index (χ3v) is 5.16. The molecular formula is C13H18BrN3O3S. The van der Waals surface area contributed by atoms with Gasteiger partial charge in [0.15, 0.2) is 0 Å². The second-order valence-electron chi connectivity index (χ2n) is 4.93. The number of carbonyl (C=O) groups is 1. The van der Waals surface area contributed by atoms with Crippen molar-refractivity contribution in [3.8, 4) is 0 Å². The van der Waals surface area contributed by atoms with Crippen LogP contribution in [0.4, 0.5) is 0 Å². The van der Waals surface area contributed by atoms with Crippen LogP contribution in [0, 0.1) is 5.92 Å². The topological polar surface area (TPSA) is 87.3 Å². The van der Waals surface area contributed by atoms with Crippen molar-refractivity contribution in [3.05, 3.63) is 28.7 Å². The Morgan fingerprint density at radius 2 is 2.14 bits per heavy atom. The summed E-state index contributed by atoms with van der Waals surface area (Å²) in [5.74, 6) is 0.353. The zero-order valence-electron chi connectivity index (χ0n) is 11.4. The average Bonchev–Trinajstić information content (AvgIpc) is 2.36. The van der Waals surface area contributed by atoms with Gasteiger partial charge in [0.1, 0.15) is 0 Å². The first kappa shape index (κ1) is 16.4. The SMILES string of the molecule is O=C(CCNS(=O)(=O)c1cccc(Br)c1)NCC1CNC1. The molecule has 116 valence electrons. The summed E-state index contributed by atoms with van der Waals surface area (Å²) >= 11 is 3.23. The molecule has 1 fully saturated rings. The molecule has 0 atom stereocenters. The minimum absolute atomic E-state index is 0.0869. The van der Waals surface area contributed by atoms with E-state index in [2.05, 4.69) is 31.3 Å². The van der Waals surface area contributed by atoms with Gasteiger partial charge in [-0.25, -0.2) is 13.1 Å². The average molecular weight is 376 g/mol. The van der Waals surface area contributed by atoms with Crippen molar-refractivity contribution >= 4 is 31.9 Å². The lowest BCUT2D eigenvalue weighted by molar-refractivity contribution is -0.121. The first-order chi connectivity index (χ1) is 9.97. The summed E-state index contributed by atoms with van der Waals surface area (Å²) in [6, 6.07) is 6.43. The van der Waals surface area contributed by atoms with Crippen molar-refractivity contribution in [2.24, 2.45) is 5.92 Å². The molecule has 0 aromatic heterocycles. The quantitative estimate of drug-likeness (QED) is 0.645. The van der Waals surface area contributed by atoms with Crippen molar-refractivity contribution in [1.29, 1.82) is 0 Å². The van der Waals surface area contributed by atoms with Gasteiger partial charge in [-0.05, 0) is 18.2 Å². The normalized spacial score (nSPS) is 15.5. The van der Waals surface area contributed by atoms with Crippen LogP contribution >= 0.6 is 15.9 Å². The predicted molar refractivity (Wildman–Crippen MR) is 83.3 cm³/mol. The molecule has 1 amide bonds. The molecule has 0 radical (unpaired) electrons. The smallest absolute Gasteiger partial charge is 0.240 e. The summed E-state index contributed by atoms with van der Waals surface area (Å²) in [6.45, 7) is 2.58. The molecule has 0 bridgehead atoms. The van der Waals surface area contributed by atoms with Gasteiger partial charge in [0.25, 0.3) is 0 Å². The Hall–Kier alpha value is -0.960. The molecule has 1 aromatic carbocycles. The Bertz CT molecular complexity index is 602. The van der Waals surface area contributed by atoms with Crippen LogP contribution in [0.15, 0.2) is 33.6 Å². The molecule has 0 spiro atoms. The molecule has 0 saturated carbocycles. The minimum Gasteiger partial charge on any atom is -0.356 e. The number of halogens is 1.